The van der Waals surface area contributed by atoms with Crippen LogP contribution in [0.25, 0.3) is 0 Å². The molecule has 1 aromatic rings. The van der Waals surface area contributed by atoms with Crippen LogP contribution in [0.3, 0.4) is 0 Å². The van der Waals surface area contributed by atoms with Crippen molar-refractivity contribution in [2.24, 2.45) is 5.41 Å². The summed E-state index contributed by atoms with van der Waals surface area (Å²) in [6.07, 6.45) is 9.35. The highest BCUT2D eigenvalue weighted by Crippen LogP contribution is 2.38. The molecule has 2 heteroatoms. The summed E-state index contributed by atoms with van der Waals surface area (Å²) < 4.78 is 1.14. The normalized spacial score (nSPS) is 19.6. The topological polar surface area (TPSA) is 23.8 Å². The summed E-state index contributed by atoms with van der Waals surface area (Å²) >= 11 is 3.60. The third-order valence-electron chi connectivity index (χ3n) is 4.03. The van der Waals surface area contributed by atoms with Crippen molar-refractivity contribution in [2.75, 3.05) is 0 Å². The van der Waals surface area contributed by atoms with Gasteiger partial charge in [0.2, 0.25) is 0 Å². The van der Waals surface area contributed by atoms with Crippen LogP contribution in [0, 0.1) is 16.7 Å². The van der Waals surface area contributed by atoms with Crippen molar-refractivity contribution in [2.45, 2.75) is 51.4 Å². The van der Waals surface area contributed by atoms with Gasteiger partial charge in [-0.2, -0.15) is 5.26 Å². The molecule has 1 aliphatic rings. The Kier molecular flexibility index (Phi) is 4.83. The molecule has 0 unspecified atom stereocenters. The minimum absolute atomic E-state index is 0.135. The van der Waals surface area contributed by atoms with Crippen LogP contribution in [-0.4, -0.2) is 0 Å². The Morgan fingerprint density at radius 2 is 1.67 bits per heavy atom. The highest BCUT2D eigenvalue weighted by atomic mass is 79.9. The smallest absolute Gasteiger partial charge is 0.0693 e. The average Bonchev–Trinajstić information content (AvgIpc) is 2.35. The van der Waals surface area contributed by atoms with Crippen LogP contribution in [0.1, 0.15) is 50.5 Å². The summed E-state index contributed by atoms with van der Waals surface area (Å²) in [5.41, 5.74) is 1.14. The Labute approximate surface area is 118 Å². The van der Waals surface area contributed by atoms with Crippen molar-refractivity contribution in [3.8, 4) is 6.07 Å². The number of halogens is 1. The molecule has 1 nitrogen and oxygen atoms in total. The fraction of sp³-hybridized carbons (Fsp3) is 0.562. The number of nitrogens with zero attached hydrogens (tertiary/aromatic N) is 1. The Balaban J connectivity index is 2.16. The molecule has 0 radical (unpaired) electrons. The quantitative estimate of drug-likeness (QED) is 0.732. The van der Waals surface area contributed by atoms with Gasteiger partial charge in [0.15, 0.2) is 0 Å². The van der Waals surface area contributed by atoms with E-state index < -0.39 is 0 Å². The van der Waals surface area contributed by atoms with E-state index in [1.54, 1.807) is 0 Å². The van der Waals surface area contributed by atoms with E-state index in [-0.39, 0.29) is 5.41 Å². The predicted molar refractivity (Wildman–Crippen MR) is 78.2 cm³/mol. The lowest BCUT2D eigenvalue weighted by Crippen LogP contribution is -2.23. The molecule has 0 atom stereocenters. The van der Waals surface area contributed by atoms with Crippen LogP contribution in [0.2, 0.25) is 0 Å². The second-order valence-corrected chi connectivity index (χ2v) is 6.28. The molecule has 0 saturated heterocycles. The maximum Gasteiger partial charge on any atom is 0.0693 e. The Hall–Kier alpha value is -0.810. The molecule has 1 saturated carbocycles. The lowest BCUT2D eigenvalue weighted by atomic mass is 9.73. The zero-order valence-electron chi connectivity index (χ0n) is 10.8. The van der Waals surface area contributed by atoms with E-state index >= 15 is 0 Å². The highest BCUT2D eigenvalue weighted by molar-refractivity contribution is 9.10. The highest BCUT2D eigenvalue weighted by Gasteiger charge is 2.30. The molecule has 0 amide bonds. The van der Waals surface area contributed by atoms with Gasteiger partial charge in [-0.3, -0.25) is 0 Å². The summed E-state index contributed by atoms with van der Waals surface area (Å²) in [4.78, 5) is 0. The molecule has 0 heterocycles. The lowest BCUT2D eigenvalue weighted by molar-refractivity contribution is 0.287. The molecule has 0 spiro atoms. The maximum atomic E-state index is 9.65. The van der Waals surface area contributed by atoms with Crippen LogP contribution >= 0.6 is 15.9 Å². The number of benzene rings is 1. The molecule has 1 fully saturated rings. The van der Waals surface area contributed by atoms with Gasteiger partial charge in [-0.1, -0.05) is 66.2 Å². The van der Waals surface area contributed by atoms with E-state index in [2.05, 4.69) is 40.2 Å². The summed E-state index contributed by atoms with van der Waals surface area (Å²) in [7, 11) is 0. The van der Waals surface area contributed by atoms with E-state index in [1.165, 1.54) is 37.7 Å². The van der Waals surface area contributed by atoms with Gasteiger partial charge >= 0.3 is 0 Å². The van der Waals surface area contributed by atoms with Gasteiger partial charge in [0, 0.05) is 4.47 Å². The monoisotopic (exact) mass is 305 g/mol. The van der Waals surface area contributed by atoms with Gasteiger partial charge in [-0.05, 0) is 30.9 Å². The van der Waals surface area contributed by atoms with Crippen LogP contribution in [0.15, 0.2) is 28.7 Å². The third kappa shape index (κ3) is 3.36. The van der Waals surface area contributed by atoms with Crippen molar-refractivity contribution < 1.29 is 0 Å². The van der Waals surface area contributed by atoms with Crippen LogP contribution in [0.4, 0.5) is 0 Å². The van der Waals surface area contributed by atoms with E-state index in [0.29, 0.717) is 0 Å². The van der Waals surface area contributed by atoms with Crippen LogP contribution < -0.4 is 0 Å². The summed E-state index contributed by atoms with van der Waals surface area (Å²) in [5, 5.41) is 9.65. The number of hydrogen-bond acceptors (Lipinski definition) is 1. The van der Waals surface area contributed by atoms with Crippen LogP contribution in [0.5, 0.6) is 0 Å². The fourth-order valence-electron chi connectivity index (χ4n) is 2.92. The molecular weight excluding hydrogens is 286 g/mol. The average molecular weight is 306 g/mol. The zero-order chi connectivity index (χ0) is 12.8. The van der Waals surface area contributed by atoms with Crippen molar-refractivity contribution in [1.29, 1.82) is 5.26 Å². The molecular formula is C16H20BrN. The second kappa shape index (κ2) is 6.38. The Morgan fingerprint density at radius 3 is 2.28 bits per heavy atom. The lowest BCUT2D eigenvalue weighted by Gasteiger charge is -2.29. The largest absolute Gasteiger partial charge is 0.198 e. The van der Waals surface area contributed by atoms with Gasteiger partial charge < -0.3 is 0 Å². The second-order valence-electron chi connectivity index (χ2n) is 5.43. The minimum Gasteiger partial charge on any atom is -0.198 e. The predicted octanol–water partition coefficient (Wildman–Crippen LogP) is 5.25. The number of rotatable bonds is 2. The molecule has 0 N–H and O–H groups in total. The first kappa shape index (κ1) is 13.6. The van der Waals surface area contributed by atoms with Crippen LogP contribution in [-0.2, 0) is 6.42 Å². The van der Waals surface area contributed by atoms with E-state index in [1.807, 2.05) is 6.07 Å². The molecule has 1 aliphatic carbocycles. The van der Waals surface area contributed by atoms with Crippen molar-refractivity contribution >= 4 is 15.9 Å². The van der Waals surface area contributed by atoms with Crippen molar-refractivity contribution in [3.05, 3.63) is 34.3 Å². The SMILES string of the molecule is N#CC1(Cc2ccccc2Br)CCCCCCC1. The summed E-state index contributed by atoms with van der Waals surface area (Å²) in [6.45, 7) is 0. The molecule has 0 aliphatic heterocycles. The maximum absolute atomic E-state index is 9.65. The summed E-state index contributed by atoms with van der Waals surface area (Å²) in [5.74, 6) is 0. The molecule has 0 bridgehead atoms. The van der Waals surface area contributed by atoms with Gasteiger partial charge in [0.1, 0.15) is 0 Å². The molecule has 18 heavy (non-hydrogen) atoms. The first-order valence-electron chi connectivity index (χ1n) is 6.90. The van der Waals surface area contributed by atoms with E-state index in [0.717, 1.165) is 23.7 Å². The van der Waals surface area contributed by atoms with Gasteiger partial charge in [0.05, 0.1) is 11.5 Å². The first-order valence-corrected chi connectivity index (χ1v) is 7.70. The zero-order valence-corrected chi connectivity index (χ0v) is 12.4. The molecule has 0 aromatic heterocycles. The molecule has 96 valence electrons. The van der Waals surface area contributed by atoms with Crippen molar-refractivity contribution in [1.82, 2.24) is 0 Å². The van der Waals surface area contributed by atoms with E-state index in [4.69, 9.17) is 0 Å². The van der Waals surface area contributed by atoms with E-state index in [9.17, 15) is 5.26 Å². The number of hydrogen-bond donors (Lipinski definition) is 0. The minimum atomic E-state index is -0.135. The third-order valence-corrected chi connectivity index (χ3v) is 4.81. The fourth-order valence-corrected chi connectivity index (χ4v) is 3.34. The molecule has 1 aromatic carbocycles. The van der Waals surface area contributed by atoms with Gasteiger partial charge in [0.25, 0.3) is 0 Å². The number of nitriles is 1. The van der Waals surface area contributed by atoms with Crippen molar-refractivity contribution in [3.63, 3.8) is 0 Å². The standard InChI is InChI=1S/C16H20BrN/c17-15-9-5-4-8-14(15)12-16(13-18)10-6-2-1-3-7-11-16/h4-5,8-9H,1-3,6-7,10-12H2. The first-order chi connectivity index (χ1) is 8.76. The Morgan fingerprint density at radius 1 is 1.06 bits per heavy atom. The van der Waals surface area contributed by atoms with Gasteiger partial charge in [-0.25, -0.2) is 0 Å². The van der Waals surface area contributed by atoms with Gasteiger partial charge in [-0.15, -0.1) is 0 Å². The molecule has 2 rings (SSSR count). The Bertz CT molecular complexity index is 425. The summed E-state index contributed by atoms with van der Waals surface area (Å²) in [6, 6.07) is 10.9.